The second-order valence-corrected chi connectivity index (χ2v) is 31.8. The number of aliphatic imine (C=N–C) groups is 2. The summed E-state index contributed by atoms with van der Waals surface area (Å²) < 4.78 is 89.8. The van der Waals surface area contributed by atoms with E-state index in [9.17, 15) is 50.4 Å². The number of sulfonamides is 2. The van der Waals surface area contributed by atoms with Crippen LogP contribution in [0.5, 0.6) is 17.2 Å². The number of imide groups is 2. The van der Waals surface area contributed by atoms with Gasteiger partial charge in [0.25, 0.3) is 43.7 Å². The number of rotatable bonds is 40. The van der Waals surface area contributed by atoms with Crippen LogP contribution in [0.3, 0.4) is 0 Å². The summed E-state index contributed by atoms with van der Waals surface area (Å²) in [5.41, 5.74) is -1.93. The molecular weight excluding hydrogens is 1370 g/mol. The summed E-state index contributed by atoms with van der Waals surface area (Å²) in [6.07, 6.45) is 30.8. The van der Waals surface area contributed by atoms with E-state index in [2.05, 4.69) is 34.5 Å². The minimum Gasteiger partial charge on any atom is -0.494 e. The number of hydrogen-bond donors (Lipinski definition) is 2. The summed E-state index contributed by atoms with van der Waals surface area (Å²) in [5, 5.41) is 5.41. The molecule has 0 bridgehead atoms. The van der Waals surface area contributed by atoms with Crippen molar-refractivity contribution in [3.63, 3.8) is 0 Å². The number of cyclic esters (lactones) is 2. The molecular formula is C77H106N8O17S2. The standard InChI is InChI=1S/C40H56N4O9S.C37H50N4O8S/c1-5-6-7-8-9-10-11-12-13-14-15-16-17-18-19-22-25-43-36(41-29-23-20-21-24-34(29)54(43,48)49)35(44-38(46)40(2,3)53-39(44)47)37(45)42-30-26-32-33(52-28-51-32)27-31(30)50-4;1-6-7-8-9-10-11-12-13-14-15-16-19-24-48-34(43)27-23-22-26(2)29(25-27)39-33(42)31(41-35(44)37(3,4)49-36(41)45)32-38-28-20-17-18-21-30(28)50(46,47)40(32)5/h20-21,23-24,26-27,35H,5-19,22,25,28H2,1-4H3,(H,42,45);17-18,20-23,25,31H,6-16,19,24H2,1-5H3,(H,39,42). The topological polar surface area (TPSA) is 305 Å². The number of likely N-dealkylation sites (N-methyl/N-ethyl adjacent to an activating group) is 1. The maximum absolute atomic E-state index is 14.4. The van der Waals surface area contributed by atoms with Crippen molar-refractivity contribution in [1.29, 1.82) is 0 Å². The molecule has 4 aromatic rings. The number of carbonyl (C=O) groups is 7. The first-order valence-electron chi connectivity index (χ1n) is 37.2. The second kappa shape index (κ2) is 37.9. The van der Waals surface area contributed by atoms with E-state index in [-0.39, 0.29) is 75.5 Å². The minimum absolute atomic E-state index is 0.00839. The minimum atomic E-state index is -4.25. The van der Waals surface area contributed by atoms with Crippen LogP contribution >= 0.6 is 0 Å². The molecule has 0 radical (unpaired) electrons. The fourth-order valence-corrected chi connectivity index (χ4v) is 16.0. The number of methoxy groups -OCH3 is 1. The van der Waals surface area contributed by atoms with E-state index >= 15 is 0 Å². The van der Waals surface area contributed by atoms with Gasteiger partial charge in [-0.15, -0.1) is 0 Å². The highest BCUT2D eigenvalue weighted by Crippen LogP contribution is 2.43. The molecule has 9 rings (SSSR count). The van der Waals surface area contributed by atoms with E-state index in [4.69, 9.17) is 28.4 Å². The largest absolute Gasteiger partial charge is 0.494 e. The molecule has 27 heteroatoms. The first kappa shape index (κ1) is 81.1. The van der Waals surface area contributed by atoms with Crippen LogP contribution in [0.1, 0.15) is 237 Å². The zero-order valence-corrected chi connectivity index (χ0v) is 63.7. The predicted octanol–water partition coefficient (Wildman–Crippen LogP) is 15.8. The van der Waals surface area contributed by atoms with Gasteiger partial charge >= 0.3 is 18.2 Å². The molecule has 2 atom stereocenters. The molecule has 2 N–H and O–H groups in total. The van der Waals surface area contributed by atoms with E-state index in [1.165, 1.54) is 219 Å². The lowest BCUT2D eigenvalue weighted by Crippen LogP contribution is -2.59. The van der Waals surface area contributed by atoms with Crippen molar-refractivity contribution < 1.29 is 78.8 Å². The number of esters is 1. The van der Waals surface area contributed by atoms with E-state index in [0.29, 0.717) is 33.3 Å². The van der Waals surface area contributed by atoms with Gasteiger partial charge < -0.3 is 39.1 Å². The molecule has 2 saturated heterocycles. The molecule has 0 aliphatic carbocycles. The van der Waals surface area contributed by atoms with Crippen molar-refractivity contribution in [2.45, 2.75) is 261 Å². The number of para-hydroxylation sites is 2. The Hall–Kier alpha value is -8.59. The zero-order valence-electron chi connectivity index (χ0n) is 62.0. The number of ether oxygens (including phenoxy) is 6. The van der Waals surface area contributed by atoms with Crippen LogP contribution in [0, 0.1) is 6.92 Å². The third kappa shape index (κ3) is 20.5. The molecule has 5 aliphatic rings. The number of anilines is 2. The lowest BCUT2D eigenvalue weighted by molar-refractivity contribution is -0.137. The number of unbranched alkanes of at least 4 members (excludes halogenated alkanes) is 26. The maximum Gasteiger partial charge on any atom is 0.418 e. The number of carbonyl (C=O) groups excluding carboxylic acids is 7. The summed E-state index contributed by atoms with van der Waals surface area (Å²) in [7, 11) is -5.84. The Morgan fingerprint density at radius 2 is 0.942 bits per heavy atom. The van der Waals surface area contributed by atoms with Gasteiger partial charge in [0.05, 0.1) is 36.3 Å². The van der Waals surface area contributed by atoms with Crippen LogP contribution < -0.4 is 24.8 Å². The monoisotopic (exact) mass is 1480 g/mol. The fraction of sp³-hybridized carbons (Fsp3) is 0.571. The van der Waals surface area contributed by atoms with E-state index in [1.807, 2.05) is 0 Å². The number of aryl methyl sites for hydroxylation is 1. The Morgan fingerprint density at radius 1 is 0.529 bits per heavy atom. The summed E-state index contributed by atoms with van der Waals surface area (Å²) in [4.78, 5) is 105. The highest BCUT2D eigenvalue weighted by Gasteiger charge is 2.57. The number of nitrogens with one attached hydrogen (secondary N) is 2. The molecule has 25 nitrogen and oxygen atoms in total. The van der Waals surface area contributed by atoms with Gasteiger partial charge in [0.2, 0.25) is 6.79 Å². The summed E-state index contributed by atoms with van der Waals surface area (Å²) in [6.45, 7) is 12.0. The van der Waals surface area contributed by atoms with Crippen molar-refractivity contribution in [3.8, 4) is 17.2 Å². The predicted molar refractivity (Wildman–Crippen MR) is 397 cm³/mol. The summed E-state index contributed by atoms with van der Waals surface area (Å²) in [5.74, 6) is -3.74. The van der Waals surface area contributed by atoms with E-state index in [1.54, 1.807) is 37.3 Å². The molecule has 0 aromatic heterocycles. The van der Waals surface area contributed by atoms with E-state index < -0.39 is 85.1 Å². The SMILES string of the molecule is CCCCCCCCCCCCCCCCCCN1C(C(C(=O)Nc2cc3c(cc2OC)OCO3)N2C(=O)OC(C)(C)C2=O)=Nc2ccccc2S1(=O)=O.CCCCCCCCCCCCCCOC(=O)c1ccc(C)c(NC(=O)C(C2=Nc3ccccc3S(=O)(=O)N2C)N2C(=O)OC(C)(C)C2=O)c1. The van der Waals surface area contributed by atoms with E-state index in [0.717, 1.165) is 53.6 Å². The Balaban J connectivity index is 0.000000264. The maximum atomic E-state index is 14.4. The van der Waals surface area contributed by atoms with Gasteiger partial charge in [-0.25, -0.2) is 51.0 Å². The average molecular weight is 1480 g/mol. The quantitative estimate of drug-likeness (QED) is 0.0237. The van der Waals surface area contributed by atoms with Crippen molar-refractivity contribution in [1.82, 2.24) is 18.4 Å². The molecule has 0 saturated carbocycles. The number of nitrogens with zero attached hydrogens (tertiary/aromatic N) is 6. The average Bonchev–Trinajstić information content (AvgIpc) is 1.25. The molecule has 0 spiro atoms. The normalized spacial score (nSPS) is 17.0. The van der Waals surface area contributed by atoms with Crippen molar-refractivity contribution >= 4 is 96.3 Å². The third-order valence-corrected chi connectivity index (χ3v) is 22.8. The number of amidine groups is 2. The molecule has 4 aromatic carbocycles. The van der Waals surface area contributed by atoms with Crippen molar-refractivity contribution in [2.24, 2.45) is 9.98 Å². The number of hydrogen-bond acceptors (Lipinski definition) is 19. The third-order valence-electron chi connectivity index (χ3n) is 19.2. The van der Waals surface area contributed by atoms with Crippen LogP contribution in [0.25, 0.3) is 0 Å². The Bertz CT molecular complexity index is 3990. The summed E-state index contributed by atoms with van der Waals surface area (Å²) >= 11 is 0. The summed E-state index contributed by atoms with van der Waals surface area (Å²) in [6, 6.07) is 16.2. The molecule has 5 aliphatic heterocycles. The van der Waals surface area contributed by atoms with Crippen LogP contribution in [0.4, 0.5) is 32.3 Å². The highest BCUT2D eigenvalue weighted by atomic mass is 32.2. The fourth-order valence-electron chi connectivity index (χ4n) is 13.1. The smallest absolute Gasteiger partial charge is 0.418 e. The van der Waals surface area contributed by atoms with Crippen LogP contribution in [-0.2, 0) is 53.4 Å². The van der Waals surface area contributed by atoms with Crippen molar-refractivity contribution in [3.05, 3.63) is 90.0 Å². The first-order valence-corrected chi connectivity index (χ1v) is 40.0. The Kier molecular flexibility index (Phi) is 29.6. The number of amides is 6. The number of fused-ring (bicyclic) bond motifs is 3. The van der Waals surface area contributed by atoms with Gasteiger partial charge in [-0.1, -0.05) is 211 Å². The molecule has 2 fully saturated rings. The van der Waals surface area contributed by atoms with Crippen LogP contribution in [0.15, 0.2) is 98.6 Å². The molecule has 6 amide bonds. The molecule has 568 valence electrons. The van der Waals surface area contributed by atoms with Gasteiger partial charge in [-0.2, -0.15) is 0 Å². The molecule has 5 heterocycles. The lowest BCUT2D eigenvalue weighted by atomic mass is 10.0. The van der Waals surface area contributed by atoms with Gasteiger partial charge in [-0.05, 0) is 89.4 Å². The van der Waals surface area contributed by atoms with Crippen LogP contribution in [0.2, 0.25) is 0 Å². The molecule has 104 heavy (non-hydrogen) atoms. The first-order chi connectivity index (χ1) is 49.8. The Labute approximate surface area is 613 Å². The highest BCUT2D eigenvalue weighted by molar-refractivity contribution is 7.90. The molecule has 2 unspecified atom stereocenters. The van der Waals surface area contributed by atoms with Gasteiger partial charge in [0.15, 0.2) is 46.5 Å². The van der Waals surface area contributed by atoms with Gasteiger partial charge in [0, 0.05) is 31.4 Å². The zero-order chi connectivity index (χ0) is 75.2. The second-order valence-electron chi connectivity index (χ2n) is 28.1. The Morgan fingerprint density at radius 3 is 1.40 bits per heavy atom. The van der Waals surface area contributed by atoms with Gasteiger partial charge in [0.1, 0.15) is 15.5 Å². The van der Waals surface area contributed by atoms with Gasteiger partial charge in [-0.3, -0.25) is 27.8 Å². The van der Waals surface area contributed by atoms with Crippen molar-refractivity contribution in [2.75, 3.05) is 44.7 Å². The number of benzene rings is 4. The van der Waals surface area contributed by atoms with Crippen LogP contribution in [-0.4, -0.2) is 146 Å². The lowest BCUT2D eigenvalue weighted by Gasteiger charge is -2.35.